The van der Waals surface area contributed by atoms with Crippen molar-refractivity contribution in [3.63, 3.8) is 0 Å². The lowest BCUT2D eigenvalue weighted by atomic mass is 10.0. The summed E-state index contributed by atoms with van der Waals surface area (Å²) in [5, 5.41) is 0. The van der Waals surface area contributed by atoms with Crippen molar-refractivity contribution in [1.82, 2.24) is 0 Å². The van der Waals surface area contributed by atoms with E-state index in [4.69, 9.17) is 4.74 Å². The van der Waals surface area contributed by atoms with Crippen LogP contribution in [0.1, 0.15) is 5.56 Å². The van der Waals surface area contributed by atoms with Crippen LogP contribution in [-0.4, -0.2) is 21.8 Å². The van der Waals surface area contributed by atoms with E-state index in [9.17, 15) is 21.6 Å². The number of sulfone groups is 1. The zero-order valence-electron chi connectivity index (χ0n) is 11.7. The van der Waals surface area contributed by atoms with Crippen LogP contribution in [0.4, 0.5) is 13.2 Å². The summed E-state index contributed by atoms with van der Waals surface area (Å²) in [6, 6.07) is 10.3. The summed E-state index contributed by atoms with van der Waals surface area (Å²) in [7, 11) is -2.45. The number of ether oxygens (including phenoxy) is 1. The SMILES string of the molecule is COc1ccc(-c2[c]cccc2S(C)(=O)=O)cc1C(F)(F)F. The fourth-order valence-electron chi connectivity index (χ4n) is 2.04. The Morgan fingerprint density at radius 3 is 2.41 bits per heavy atom. The number of rotatable bonds is 3. The third-order valence-corrected chi connectivity index (χ3v) is 4.15. The molecule has 0 fully saturated rings. The van der Waals surface area contributed by atoms with Gasteiger partial charge in [-0.2, -0.15) is 13.2 Å². The molecule has 3 nitrogen and oxygen atoms in total. The molecule has 0 aliphatic heterocycles. The van der Waals surface area contributed by atoms with Crippen molar-refractivity contribution >= 4 is 9.84 Å². The fraction of sp³-hybridized carbons (Fsp3) is 0.200. The van der Waals surface area contributed by atoms with Gasteiger partial charge in [-0.25, -0.2) is 8.42 Å². The Balaban J connectivity index is 2.71. The van der Waals surface area contributed by atoms with Crippen molar-refractivity contribution in [1.29, 1.82) is 0 Å². The smallest absolute Gasteiger partial charge is 0.419 e. The van der Waals surface area contributed by atoms with E-state index in [0.29, 0.717) is 0 Å². The monoisotopic (exact) mass is 329 g/mol. The lowest BCUT2D eigenvalue weighted by Gasteiger charge is -2.14. The number of alkyl halides is 3. The number of methoxy groups -OCH3 is 1. The summed E-state index contributed by atoms with van der Waals surface area (Å²) in [4.78, 5) is -0.0757. The third kappa shape index (κ3) is 3.24. The molecule has 0 spiro atoms. The maximum atomic E-state index is 13.1. The average Bonchev–Trinajstić information content (AvgIpc) is 2.45. The predicted octanol–water partition coefficient (Wildman–Crippen LogP) is 3.58. The largest absolute Gasteiger partial charge is 0.496 e. The van der Waals surface area contributed by atoms with Gasteiger partial charge in [-0.05, 0) is 29.8 Å². The van der Waals surface area contributed by atoms with E-state index in [1.54, 1.807) is 0 Å². The van der Waals surface area contributed by atoms with E-state index >= 15 is 0 Å². The second-order valence-electron chi connectivity index (χ2n) is 4.59. The van der Waals surface area contributed by atoms with Crippen LogP contribution in [0.5, 0.6) is 5.75 Å². The molecule has 0 aromatic heterocycles. The first-order chi connectivity index (χ1) is 10.1. The van der Waals surface area contributed by atoms with E-state index < -0.39 is 21.6 Å². The van der Waals surface area contributed by atoms with Crippen molar-refractivity contribution in [3.05, 3.63) is 48.0 Å². The van der Waals surface area contributed by atoms with Gasteiger partial charge in [0.15, 0.2) is 9.84 Å². The van der Waals surface area contributed by atoms with Gasteiger partial charge in [-0.1, -0.05) is 18.2 Å². The molecule has 0 unspecified atom stereocenters. The second-order valence-corrected chi connectivity index (χ2v) is 6.58. The number of halogens is 3. The number of benzene rings is 2. The number of hydrogen-bond donors (Lipinski definition) is 0. The zero-order chi connectivity index (χ0) is 16.5. The van der Waals surface area contributed by atoms with Crippen LogP contribution in [0.3, 0.4) is 0 Å². The maximum Gasteiger partial charge on any atom is 0.419 e. The molecule has 117 valence electrons. The highest BCUT2D eigenvalue weighted by atomic mass is 32.2. The van der Waals surface area contributed by atoms with Crippen LogP contribution >= 0.6 is 0 Å². The highest BCUT2D eigenvalue weighted by Crippen LogP contribution is 2.39. The van der Waals surface area contributed by atoms with Crippen molar-refractivity contribution in [2.24, 2.45) is 0 Å². The molecule has 0 heterocycles. The molecule has 22 heavy (non-hydrogen) atoms. The van der Waals surface area contributed by atoms with Crippen molar-refractivity contribution in [2.75, 3.05) is 13.4 Å². The molecule has 2 aromatic carbocycles. The fourth-order valence-corrected chi connectivity index (χ4v) is 2.91. The van der Waals surface area contributed by atoms with E-state index in [1.807, 2.05) is 0 Å². The van der Waals surface area contributed by atoms with Gasteiger partial charge in [-0.3, -0.25) is 0 Å². The van der Waals surface area contributed by atoms with Gasteiger partial charge in [0.05, 0.1) is 17.6 Å². The standard InChI is InChI=1S/C15H12F3O3S/c1-21-13-8-7-10(9-12(13)15(16,17)18)11-5-3-4-6-14(11)22(2,19)20/h3-4,6-9H,1-2H3. The van der Waals surface area contributed by atoms with Crippen LogP contribution < -0.4 is 4.74 Å². The minimum absolute atomic E-state index is 0.0757. The average molecular weight is 329 g/mol. The van der Waals surface area contributed by atoms with E-state index in [1.165, 1.54) is 24.3 Å². The van der Waals surface area contributed by atoms with E-state index in [2.05, 4.69) is 6.07 Å². The molecule has 0 aliphatic carbocycles. The topological polar surface area (TPSA) is 43.4 Å². The molecule has 0 bridgehead atoms. The molecule has 0 aliphatic rings. The highest BCUT2D eigenvalue weighted by Gasteiger charge is 2.34. The van der Waals surface area contributed by atoms with Crippen LogP contribution in [0, 0.1) is 6.07 Å². The number of hydrogen-bond acceptors (Lipinski definition) is 3. The van der Waals surface area contributed by atoms with E-state index in [-0.39, 0.29) is 21.8 Å². The molecule has 2 rings (SSSR count). The molecule has 0 atom stereocenters. The summed E-state index contributed by atoms with van der Waals surface area (Å²) in [5.74, 6) is -0.326. The molecular weight excluding hydrogens is 317 g/mol. The molecular formula is C15H12F3O3S. The summed E-state index contributed by atoms with van der Waals surface area (Å²) in [6.45, 7) is 0. The van der Waals surface area contributed by atoms with Gasteiger partial charge >= 0.3 is 6.18 Å². The predicted molar refractivity (Wildman–Crippen MR) is 75.4 cm³/mol. The molecule has 0 saturated heterocycles. The van der Waals surface area contributed by atoms with Crippen molar-refractivity contribution in [2.45, 2.75) is 11.1 Å². The van der Waals surface area contributed by atoms with E-state index in [0.717, 1.165) is 25.5 Å². The Morgan fingerprint density at radius 1 is 1.18 bits per heavy atom. The Morgan fingerprint density at radius 2 is 1.86 bits per heavy atom. The molecule has 0 amide bonds. The molecule has 7 heteroatoms. The maximum absolute atomic E-state index is 13.1. The van der Waals surface area contributed by atoms with Crippen LogP contribution in [0.2, 0.25) is 0 Å². The first-order valence-corrected chi connectivity index (χ1v) is 8.00. The quantitative estimate of drug-likeness (QED) is 0.864. The minimum Gasteiger partial charge on any atom is -0.496 e. The Hall–Kier alpha value is -2.02. The van der Waals surface area contributed by atoms with Gasteiger partial charge < -0.3 is 4.74 Å². The molecule has 0 saturated carbocycles. The molecule has 1 radical (unpaired) electrons. The van der Waals surface area contributed by atoms with Gasteiger partial charge in [0.2, 0.25) is 0 Å². The minimum atomic E-state index is -4.61. The first kappa shape index (κ1) is 16.4. The second kappa shape index (κ2) is 5.64. The van der Waals surface area contributed by atoms with Crippen LogP contribution in [-0.2, 0) is 16.0 Å². The van der Waals surface area contributed by atoms with Crippen LogP contribution in [0.25, 0.3) is 11.1 Å². The van der Waals surface area contributed by atoms with Gasteiger partial charge in [0.25, 0.3) is 0 Å². The van der Waals surface area contributed by atoms with Gasteiger partial charge in [0.1, 0.15) is 5.75 Å². The first-order valence-electron chi connectivity index (χ1n) is 6.11. The van der Waals surface area contributed by atoms with Crippen molar-refractivity contribution < 1.29 is 26.3 Å². The summed E-state index contributed by atoms with van der Waals surface area (Å²) in [6.07, 6.45) is -3.62. The molecule has 0 N–H and O–H groups in total. The summed E-state index contributed by atoms with van der Waals surface area (Å²) < 4.78 is 67.4. The highest BCUT2D eigenvalue weighted by molar-refractivity contribution is 7.90. The lowest BCUT2D eigenvalue weighted by molar-refractivity contribution is -0.138. The Labute approximate surface area is 126 Å². The van der Waals surface area contributed by atoms with Gasteiger partial charge in [-0.15, -0.1) is 0 Å². The normalized spacial score (nSPS) is 12.2. The van der Waals surface area contributed by atoms with Gasteiger partial charge in [0, 0.05) is 11.8 Å². The lowest BCUT2D eigenvalue weighted by Crippen LogP contribution is -2.08. The Bertz CT molecular complexity index is 796. The summed E-state index contributed by atoms with van der Waals surface area (Å²) in [5.41, 5.74) is -0.767. The summed E-state index contributed by atoms with van der Waals surface area (Å²) >= 11 is 0. The molecule has 2 aromatic rings. The third-order valence-electron chi connectivity index (χ3n) is 3.01. The Kier molecular flexibility index (Phi) is 4.19. The van der Waals surface area contributed by atoms with Crippen molar-refractivity contribution in [3.8, 4) is 16.9 Å². The zero-order valence-corrected chi connectivity index (χ0v) is 12.5. The van der Waals surface area contributed by atoms with Crippen LogP contribution in [0.15, 0.2) is 41.3 Å².